The number of nitriles is 1. The Labute approximate surface area is 155 Å². The largest absolute Gasteiger partial charge is 0.394 e. The van der Waals surface area contributed by atoms with E-state index in [1.807, 2.05) is 0 Å². The number of aromatic nitrogens is 1. The average molecular weight is 389 g/mol. The van der Waals surface area contributed by atoms with E-state index in [1.165, 1.54) is 35.0 Å². The van der Waals surface area contributed by atoms with Gasteiger partial charge in [0.1, 0.15) is 27.5 Å². The molecule has 0 spiro atoms. The zero-order valence-corrected chi connectivity index (χ0v) is 15.0. The third-order valence-electron chi connectivity index (χ3n) is 4.06. The van der Waals surface area contributed by atoms with Crippen molar-refractivity contribution >= 4 is 27.6 Å². The van der Waals surface area contributed by atoms with E-state index in [0.717, 1.165) is 6.07 Å². The van der Waals surface area contributed by atoms with E-state index >= 15 is 0 Å². The van der Waals surface area contributed by atoms with E-state index < -0.39 is 27.7 Å². The summed E-state index contributed by atoms with van der Waals surface area (Å²) in [5.74, 6) is -1.27. The Hall–Kier alpha value is -3.00. The van der Waals surface area contributed by atoms with Crippen LogP contribution in [0, 0.1) is 21.9 Å². The molecule has 1 aliphatic heterocycles. The van der Waals surface area contributed by atoms with Gasteiger partial charge < -0.3 is 15.0 Å². The van der Waals surface area contributed by atoms with Gasteiger partial charge in [0.25, 0.3) is 5.91 Å². The van der Waals surface area contributed by atoms with Gasteiger partial charge in [-0.15, -0.1) is 0 Å². The summed E-state index contributed by atoms with van der Waals surface area (Å²) in [4.78, 5) is 12.9. The average Bonchev–Trinajstić information content (AvgIpc) is 2.91. The highest BCUT2D eigenvalue weighted by molar-refractivity contribution is 7.90. The molecule has 2 heterocycles. The third-order valence-corrected chi connectivity index (χ3v) is 5.64. The van der Waals surface area contributed by atoms with E-state index in [2.05, 4.69) is 10.0 Å². The molecule has 0 fully saturated rings. The number of carbonyl (C=O) groups is 1. The highest BCUT2D eigenvalue weighted by atomic mass is 32.2. The van der Waals surface area contributed by atoms with E-state index in [1.54, 1.807) is 13.1 Å². The van der Waals surface area contributed by atoms with Crippen LogP contribution in [0.4, 0.5) is 10.1 Å². The number of nitrogens with zero attached hydrogens (tertiary/aromatic N) is 2. The molecular weight excluding hydrogens is 373 g/mol. The molecule has 0 radical (unpaired) electrons. The molecule has 4 N–H and O–H groups in total. The van der Waals surface area contributed by atoms with Crippen LogP contribution in [0.1, 0.15) is 21.6 Å². The Morgan fingerprint density at radius 3 is 2.96 bits per heavy atom. The maximum Gasteiger partial charge on any atom is 0.272 e. The summed E-state index contributed by atoms with van der Waals surface area (Å²) >= 11 is 0. The van der Waals surface area contributed by atoms with Crippen molar-refractivity contribution in [1.82, 2.24) is 9.29 Å². The highest BCUT2D eigenvalue weighted by Crippen LogP contribution is 2.27. The highest BCUT2D eigenvalue weighted by Gasteiger charge is 2.28. The molecule has 0 aliphatic carbocycles. The van der Waals surface area contributed by atoms with Crippen molar-refractivity contribution in [2.45, 2.75) is 10.9 Å². The topological polar surface area (TPSA) is 131 Å². The van der Waals surface area contributed by atoms with Crippen LogP contribution in [-0.4, -0.2) is 32.4 Å². The Balaban J connectivity index is 2.02. The van der Waals surface area contributed by atoms with E-state index in [9.17, 15) is 18.5 Å². The van der Waals surface area contributed by atoms with Crippen molar-refractivity contribution in [3.05, 3.63) is 53.1 Å². The molecule has 140 valence electrons. The number of benzene rings is 1. The molecule has 1 aromatic carbocycles. The standard InChI is InChI=1S/C17H16FN5O3S/c1-23-8-15-13(4-2-12(9-24)22-27(15,20)26)16(23)17(25)21-11-3-5-14(18)10(6-11)7-19/h2-6,8,12,24H,9H2,1H3,(H,21,25)(H2,20,22,26)/t12-,27?/m1/s1. The minimum absolute atomic E-state index is 0.124. The Morgan fingerprint density at radius 2 is 2.30 bits per heavy atom. The molecule has 1 aliphatic rings. The number of aliphatic hydroxyl groups is 1. The molecular formula is C17H16FN5O3S. The first-order chi connectivity index (χ1) is 12.8. The minimum Gasteiger partial charge on any atom is -0.394 e. The number of hydrogen-bond acceptors (Lipinski definition) is 5. The second-order valence-electron chi connectivity index (χ2n) is 5.95. The van der Waals surface area contributed by atoms with E-state index in [0.29, 0.717) is 5.56 Å². The second kappa shape index (κ2) is 6.96. The van der Waals surface area contributed by atoms with Gasteiger partial charge in [0.15, 0.2) is 0 Å². The van der Waals surface area contributed by atoms with Crippen molar-refractivity contribution < 1.29 is 18.5 Å². The molecule has 2 atom stereocenters. The van der Waals surface area contributed by atoms with Gasteiger partial charge in [0, 0.05) is 24.5 Å². The van der Waals surface area contributed by atoms with Gasteiger partial charge >= 0.3 is 0 Å². The summed E-state index contributed by atoms with van der Waals surface area (Å²) in [5.41, 5.74) is 0.455. The molecule has 27 heavy (non-hydrogen) atoms. The van der Waals surface area contributed by atoms with Gasteiger partial charge in [0.2, 0.25) is 0 Å². The smallest absolute Gasteiger partial charge is 0.272 e. The number of amides is 1. The van der Waals surface area contributed by atoms with Crippen molar-refractivity contribution in [2.75, 3.05) is 11.9 Å². The molecule has 0 saturated carbocycles. The van der Waals surface area contributed by atoms with Crippen molar-refractivity contribution in [3.63, 3.8) is 0 Å². The Kier molecular flexibility index (Phi) is 4.84. The summed E-state index contributed by atoms with van der Waals surface area (Å²) < 4.78 is 38.2. The van der Waals surface area contributed by atoms with Gasteiger partial charge in [0.05, 0.1) is 23.1 Å². The molecule has 3 rings (SSSR count). The minimum atomic E-state index is -3.43. The van der Waals surface area contributed by atoms with Gasteiger partial charge in [-0.1, -0.05) is 12.2 Å². The fourth-order valence-electron chi connectivity index (χ4n) is 2.79. The summed E-state index contributed by atoms with van der Waals surface area (Å²) in [7, 11) is -1.86. The van der Waals surface area contributed by atoms with Gasteiger partial charge in [-0.05, 0) is 18.2 Å². The number of aliphatic hydroxyl groups excluding tert-OH is 1. The fraction of sp³-hybridized carbons (Fsp3) is 0.176. The number of fused-ring (bicyclic) bond motifs is 1. The summed E-state index contributed by atoms with van der Waals surface area (Å²) in [6.07, 6.45) is 4.48. The van der Waals surface area contributed by atoms with E-state index in [4.69, 9.17) is 10.0 Å². The Morgan fingerprint density at radius 1 is 1.56 bits per heavy atom. The maximum atomic E-state index is 13.4. The molecule has 0 saturated heterocycles. The van der Waals surface area contributed by atoms with Crippen LogP contribution in [-0.2, 0) is 17.0 Å². The number of carbonyl (C=O) groups excluding carboxylic acids is 1. The van der Waals surface area contributed by atoms with Crippen LogP contribution in [0.3, 0.4) is 0 Å². The summed E-state index contributed by atoms with van der Waals surface area (Å²) in [6, 6.07) is 4.62. The maximum absolute atomic E-state index is 13.4. The third kappa shape index (κ3) is 3.48. The van der Waals surface area contributed by atoms with Gasteiger partial charge in [-0.2, -0.15) is 5.26 Å². The van der Waals surface area contributed by atoms with Crippen LogP contribution in [0.5, 0.6) is 0 Å². The first kappa shape index (κ1) is 18.8. The van der Waals surface area contributed by atoms with Crippen LogP contribution in [0.2, 0.25) is 0 Å². The van der Waals surface area contributed by atoms with Crippen LogP contribution >= 0.6 is 0 Å². The molecule has 1 aromatic heterocycles. The lowest BCUT2D eigenvalue weighted by Gasteiger charge is -2.12. The fourth-order valence-corrected chi connectivity index (χ4v) is 4.28. The first-order valence-electron chi connectivity index (χ1n) is 7.82. The normalized spacial score (nSPS) is 21.2. The van der Waals surface area contributed by atoms with E-state index in [-0.39, 0.29) is 28.4 Å². The zero-order chi connectivity index (χ0) is 19.8. The molecule has 10 heteroatoms. The molecule has 1 amide bonds. The van der Waals surface area contributed by atoms with Crippen LogP contribution in [0.25, 0.3) is 6.08 Å². The lowest BCUT2D eigenvalue weighted by Crippen LogP contribution is -2.34. The molecule has 1 unspecified atom stereocenters. The first-order valence-corrected chi connectivity index (χ1v) is 9.38. The Bertz CT molecular complexity index is 1100. The van der Waals surface area contributed by atoms with Crippen molar-refractivity contribution in [2.24, 2.45) is 7.05 Å². The van der Waals surface area contributed by atoms with Gasteiger partial charge in [-0.3, -0.25) is 4.79 Å². The lowest BCUT2D eigenvalue weighted by atomic mass is 10.1. The van der Waals surface area contributed by atoms with Crippen LogP contribution < -0.4 is 10.0 Å². The number of anilines is 1. The van der Waals surface area contributed by atoms with Gasteiger partial charge in [-0.25, -0.2) is 18.1 Å². The SMILES string of the molecule is Cn1cc2c(c1C(=O)Nc1ccc(F)c(C#N)c1)C=C[C@H](CO)NS2(=N)=O. The van der Waals surface area contributed by atoms with Crippen LogP contribution in [0.15, 0.2) is 35.4 Å². The molecule has 0 bridgehead atoms. The quantitative estimate of drug-likeness (QED) is 0.635. The number of hydrogen-bond donors (Lipinski definition) is 4. The predicted octanol–water partition coefficient (Wildman–Crippen LogP) is 1.59. The van der Waals surface area contributed by atoms with Crippen molar-refractivity contribution in [3.8, 4) is 6.07 Å². The monoisotopic (exact) mass is 389 g/mol. The lowest BCUT2D eigenvalue weighted by molar-refractivity contribution is 0.101. The molecule has 8 nitrogen and oxygen atoms in total. The van der Waals surface area contributed by atoms with Crippen molar-refractivity contribution in [1.29, 1.82) is 10.0 Å². The summed E-state index contributed by atoms with van der Waals surface area (Å²) in [6.45, 7) is -0.350. The number of rotatable bonds is 3. The molecule has 2 aromatic rings. The predicted molar refractivity (Wildman–Crippen MR) is 96.7 cm³/mol. The zero-order valence-electron chi connectivity index (χ0n) is 14.2. The number of aryl methyl sites for hydroxylation is 1. The summed E-state index contributed by atoms with van der Waals surface area (Å²) in [5, 5.41) is 20.8. The number of halogens is 1. The number of nitrogens with one attached hydrogen (secondary N) is 3. The second-order valence-corrected chi connectivity index (χ2v) is 7.74.